The number of aryl methyl sites for hydroxylation is 2. The van der Waals surface area contributed by atoms with E-state index in [2.05, 4.69) is 20.9 Å². The first-order valence-electron chi connectivity index (χ1n) is 8.50. The molecule has 1 amide bonds. The van der Waals surface area contributed by atoms with Crippen LogP contribution in [0.15, 0.2) is 53.7 Å². The minimum Gasteiger partial charge on any atom is -0.325 e. The van der Waals surface area contributed by atoms with Gasteiger partial charge < -0.3 is 10.7 Å². The molecule has 0 radical (unpaired) electrons. The summed E-state index contributed by atoms with van der Waals surface area (Å²) in [5.74, 6) is 0.635. The Labute approximate surface area is 166 Å². The fourth-order valence-electron chi connectivity index (χ4n) is 2.95. The number of hydrogen-bond donors (Lipinski definition) is 2. The van der Waals surface area contributed by atoms with Gasteiger partial charge in [0.15, 0.2) is 0 Å². The number of carbonyl (C=O) groups excluding carboxylic acids is 1. The average molecular weight is 400 g/mol. The Bertz CT molecular complexity index is 991. The maximum atomic E-state index is 13.1. The lowest BCUT2D eigenvalue weighted by molar-refractivity contribution is -0.116. The number of thioether (sulfide) groups is 1. The van der Waals surface area contributed by atoms with Gasteiger partial charge in [-0.3, -0.25) is 4.79 Å². The maximum Gasteiger partial charge on any atom is 0.240 e. The molecule has 0 saturated heterocycles. The predicted molar refractivity (Wildman–Crippen MR) is 108 cm³/mol. The molecule has 2 N–H and O–H groups in total. The van der Waals surface area contributed by atoms with E-state index in [4.69, 9.17) is 11.6 Å². The summed E-state index contributed by atoms with van der Waals surface area (Å²) in [5, 5.41) is 12.1. The summed E-state index contributed by atoms with van der Waals surface area (Å²) in [6, 6.07) is 15.2. The molecule has 0 bridgehead atoms. The summed E-state index contributed by atoms with van der Waals surface area (Å²) < 4.78 is 1.83. The summed E-state index contributed by atoms with van der Waals surface area (Å²) in [5.41, 5.74) is 6.04. The first kappa shape index (κ1) is 17.9. The molecule has 0 aliphatic carbocycles. The Morgan fingerprint density at radius 2 is 1.96 bits per heavy atom. The summed E-state index contributed by atoms with van der Waals surface area (Å²) in [7, 11) is 0. The molecule has 0 unspecified atom stereocenters. The molecule has 1 aliphatic heterocycles. The quantitative estimate of drug-likeness (QED) is 0.697. The van der Waals surface area contributed by atoms with Gasteiger partial charge in [0, 0.05) is 10.7 Å². The second-order valence-electron chi connectivity index (χ2n) is 6.37. The second kappa shape index (κ2) is 7.25. The number of amides is 1. The number of benzene rings is 2. The van der Waals surface area contributed by atoms with Crippen molar-refractivity contribution in [3.8, 4) is 0 Å². The molecule has 3 aromatic rings. The third kappa shape index (κ3) is 3.52. The van der Waals surface area contributed by atoms with Crippen LogP contribution >= 0.6 is 23.4 Å². The second-order valence-corrected chi connectivity index (χ2v) is 7.89. The number of rotatable bonds is 3. The summed E-state index contributed by atoms with van der Waals surface area (Å²) in [4.78, 5) is 13.1. The minimum absolute atomic E-state index is 0.117. The predicted octanol–water partition coefficient (Wildman–Crippen LogP) is 3.95. The van der Waals surface area contributed by atoms with Crippen molar-refractivity contribution in [1.29, 1.82) is 0 Å². The van der Waals surface area contributed by atoms with Crippen LogP contribution in [-0.4, -0.2) is 26.0 Å². The van der Waals surface area contributed by atoms with E-state index in [9.17, 15) is 4.79 Å². The number of fused-ring (bicyclic) bond motifs is 1. The van der Waals surface area contributed by atoms with Crippen LogP contribution in [0.5, 0.6) is 0 Å². The molecule has 0 spiro atoms. The first-order valence-corrected chi connectivity index (χ1v) is 9.76. The Hall–Kier alpha value is -2.51. The summed E-state index contributed by atoms with van der Waals surface area (Å²) >= 11 is 7.58. The largest absolute Gasteiger partial charge is 0.325 e. The van der Waals surface area contributed by atoms with Crippen molar-refractivity contribution < 1.29 is 4.79 Å². The van der Waals surface area contributed by atoms with Gasteiger partial charge in [-0.05, 0) is 37.1 Å². The van der Waals surface area contributed by atoms with Gasteiger partial charge in [-0.2, -0.15) is 0 Å². The molecule has 4 rings (SSSR count). The molecular weight excluding hydrogens is 382 g/mol. The van der Waals surface area contributed by atoms with Gasteiger partial charge in [0.1, 0.15) is 11.1 Å². The zero-order chi connectivity index (χ0) is 19.0. The van der Waals surface area contributed by atoms with E-state index in [1.54, 1.807) is 6.07 Å². The van der Waals surface area contributed by atoms with Crippen LogP contribution in [0.25, 0.3) is 0 Å². The van der Waals surface area contributed by atoms with Crippen molar-refractivity contribution in [2.75, 3.05) is 10.7 Å². The van der Waals surface area contributed by atoms with Crippen molar-refractivity contribution in [1.82, 2.24) is 14.9 Å². The Balaban J connectivity index is 1.65. The molecule has 1 aliphatic rings. The average Bonchev–Trinajstić information content (AvgIpc) is 3.04. The molecule has 0 saturated carbocycles. The zero-order valence-electron chi connectivity index (χ0n) is 14.8. The molecule has 2 aromatic carbocycles. The number of halogens is 1. The lowest BCUT2D eigenvalue weighted by atomic mass is 10.0. The molecule has 138 valence electrons. The van der Waals surface area contributed by atoms with Gasteiger partial charge in [0.05, 0.1) is 6.04 Å². The number of aromatic nitrogens is 3. The van der Waals surface area contributed by atoms with Gasteiger partial charge >= 0.3 is 0 Å². The standard InChI is InChI=1S/C19H18ClN5OS/c1-11-8-9-14(10-15(11)20)21-18(26)17-16(13-6-4-3-5-7-13)24-25-12(2)22-23-19(25)27-17/h3-10,16-17,24H,1-2H3,(H,21,26)/t16-,17+/m0/s1. The molecule has 6 nitrogen and oxygen atoms in total. The Morgan fingerprint density at radius 1 is 1.19 bits per heavy atom. The number of hydrogen-bond acceptors (Lipinski definition) is 5. The summed E-state index contributed by atoms with van der Waals surface area (Å²) in [6.07, 6.45) is 0. The van der Waals surface area contributed by atoms with E-state index in [0.717, 1.165) is 17.0 Å². The number of nitrogens with zero attached hydrogens (tertiary/aromatic N) is 3. The molecule has 0 fully saturated rings. The highest BCUT2D eigenvalue weighted by molar-refractivity contribution is 8.00. The lowest BCUT2D eigenvalue weighted by Gasteiger charge is -2.32. The topological polar surface area (TPSA) is 71.8 Å². The third-order valence-electron chi connectivity index (χ3n) is 4.45. The number of carbonyl (C=O) groups is 1. The smallest absolute Gasteiger partial charge is 0.240 e. The normalized spacial score (nSPS) is 18.5. The van der Waals surface area contributed by atoms with E-state index in [-0.39, 0.29) is 11.9 Å². The van der Waals surface area contributed by atoms with Gasteiger partial charge in [0.2, 0.25) is 11.1 Å². The van der Waals surface area contributed by atoms with Crippen molar-refractivity contribution >= 4 is 35.0 Å². The van der Waals surface area contributed by atoms with Crippen LogP contribution in [0.1, 0.15) is 23.0 Å². The first-order chi connectivity index (χ1) is 13.0. The van der Waals surface area contributed by atoms with Crippen LogP contribution in [0.4, 0.5) is 5.69 Å². The van der Waals surface area contributed by atoms with Crippen molar-refractivity contribution in [3.63, 3.8) is 0 Å². The van der Waals surface area contributed by atoms with Crippen LogP contribution in [0.3, 0.4) is 0 Å². The van der Waals surface area contributed by atoms with Crippen molar-refractivity contribution in [2.24, 2.45) is 0 Å². The van der Waals surface area contributed by atoms with E-state index < -0.39 is 5.25 Å². The Kier molecular flexibility index (Phi) is 4.80. The van der Waals surface area contributed by atoms with E-state index in [1.165, 1.54) is 11.8 Å². The van der Waals surface area contributed by atoms with Crippen molar-refractivity contribution in [2.45, 2.75) is 30.3 Å². The maximum absolute atomic E-state index is 13.1. The van der Waals surface area contributed by atoms with E-state index >= 15 is 0 Å². The van der Waals surface area contributed by atoms with Crippen LogP contribution in [0.2, 0.25) is 5.02 Å². The van der Waals surface area contributed by atoms with E-state index in [0.29, 0.717) is 15.9 Å². The van der Waals surface area contributed by atoms with Crippen LogP contribution in [-0.2, 0) is 4.79 Å². The van der Waals surface area contributed by atoms with Crippen LogP contribution in [0, 0.1) is 13.8 Å². The van der Waals surface area contributed by atoms with Gasteiger partial charge in [-0.1, -0.05) is 59.8 Å². The van der Waals surface area contributed by atoms with Gasteiger partial charge in [-0.25, -0.2) is 4.68 Å². The molecule has 2 heterocycles. The molecular formula is C19H18ClN5OS. The fraction of sp³-hybridized carbons (Fsp3) is 0.211. The van der Waals surface area contributed by atoms with Crippen molar-refractivity contribution in [3.05, 3.63) is 70.5 Å². The molecule has 27 heavy (non-hydrogen) atoms. The SMILES string of the molecule is Cc1ccc(NC(=O)[C@@H]2Sc3nnc(C)n3N[C@H]2c2ccccc2)cc1Cl. The van der Waals surface area contributed by atoms with Gasteiger partial charge in [0.25, 0.3) is 0 Å². The Morgan fingerprint density at radius 3 is 2.70 bits per heavy atom. The highest BCUT2D eigenvalue weighted by Gasteiger charge is 2.37. The highest BCUT2D eigenvalue weighted by atomic mass is 35.5. The highest BCUT2D eigenvalue weighted by Crippen LogP contribution is 2.37. The van der Waals surface area contributed by atoms with Crippen LogP contribution < -0.4 is 10.7 Å². The van der Waals surface area contributed by atoms with E-state index in [1.807, 2.05) is 61.0 Å². The molecule has 1 aromatic heterocycles. The molecule has 8 heteroatoms. The number of nitrogens with one attached hydrogen (secondary N) is 2. The lowest BCUT2D eigenvalue weighted by Crippen LogP contribution is -2.41. The zero-order valence-corrected chi connectivity index (χ0v) is 16.4. The number of anilines is 1. The summed E-state index contributed by atoms with van der Waals surface area (Å²) in [6.45, 7) is 3.80. The molecule has 2 atom stereocenters. The van der Waals surface area contributed by atoms with Gasteiger partial charge in [-0.15, -0.1) is 10.2 Å². The monoisotopic (exact) mass is 399 g/mol. The fourth-order valence-corrected chi connectivity index (χ4v) is 4.26. The third-order valence-corrected chi connectivity index (χ3v) is 6.08. The minimum atomic E-state index is -0.413.